The van der Waals surface area contributed by atoms with Crippen molar-refractivity contribution in [3.05, 3.63) is 12.3 Å². The van der Waals surface area contributed by atoms with Crippen molar-refractivity contribution in [3.8, 4) is 0 Å². The summed E-state index contributed by atoms with van der Waals surface area (Å²) in [5.41, 5.74) is 5.75. The molecule has 1 aliphatic carbocycles. The van der Waals surface area contributed by atoms with E-state index in [2.05, 4.69) is 28.7 Å². The van der Waals surface area contributed by atoms with E-state index in [-0.39, 0.29) is 0 Å². The van der Waals surface area contributed by atoms with Crippen LogP contribution in [0, 0.1) is 5.92 Å². The van der Waals surface area contributed by atoms with Crippen LogP contribution in [0.1, 0.15) is 39.5 Å². The molecule has 1 fully saturated rings. The highest BCUT2D eigenvalue weighted by molar-refractivity contribution is 5.39. The van der Waals surface area contributed by atoms with Crippen molar-refractivity contribution in [2.24, 2.45) is 5.92 Å². The normalized spacial score (nSPS) is 16.6. The number of nitrogens with two attached hydrogens (primary N) is 1. The van der Waals surface area contributed by atoms with Crippen molar-refractivity contribution in [2.75, 3.05) is 17.2 Å². The topological polar surface area (TPSA) is 55.0 Å². The first-order valence-electron chi connectivity index (χ1n) is 6.52. The van der Waals surface area contributed by atoms with Gasteiger partial charge in [-0.25, -0.2) is 4.98 Å². The lowest BCUT2D eigenvalue weighted by Crippen LogP contribution is -2.37. The fourth-order valence-electron chi connectivity index (χ4n) is 2.50. The Labute approximate surface area is 103 Å². The fraction of sp³-hybridized carbons (Fsp3) is 0.692. The molecule has 1 saturated carbocycles. The molecule has 4 heteroatoms. The minimum Gasteiger partial charge on any atom is -0.384 e. The summed E-state index contributed by atoms with van der Waals surface area (Å²) in [5.74, 6) is 1.97. The Hall–Kier alpha value is -1.32. The Morgan fingerprint density at radius 1 is 1.41 bits per heavy atom. The molecule has 17 heavy (non-hydrogen) atoms. The van der Waals surface area contributed by atoms with Gasteiger partial charge in [0, 0.05) is 18.8 Å². The highest BCUT2D eigenvalue weighted by Gasteiger charge is 2.25. The van der Waals surface area contributed by atoms with Gasteiger partial charge in [-0.2, -0.15) is 4.98 Å². The van der Waals surface area contributed by atoms with Crippen molar-refractivity contribution in [3.63, 3.8) is 0 Å². The van der Waals surface area contributed by atoms with Crippen LogP contribution in [-0.4, -0.2) is 22.6 Å². The maximum Gasteiger partial charge on any atom is 0.227 e. The molecule has 0 amide bonds. The Balaban J connectivity index is 2.19. The molecule has 0 atom stereocenters. The Morgan fingerprint density at radius 3 is 2.71 bits per heavy atom. The highest BCUT2D eigenvalue weighted by Crippen LogP contribution is 2.27. The Bertz CT molecular complexity index is 358. The SMILES string of the molecule is CC(C)CN(c1nccc(N)n1)C1CCCC1. The maximum absolute atomic E-state index is 5.75. The zero-order valence-electron chi connectivity index (χ0n) is 10.8. The van der Waals surface area contributed by atoms with E-state index in [0.29, 0.717) is 17.8 Å². The third-order valence-corrected chi connectivity index (χ3v) is 3.25. The summed E-state index contributed by atoms with van der Waals surface area (Å²) in [6.07, 6.45) is 6.90. The van der Waals surface area contributed by atoms with Crippen LogP contribution in [0.3, 0.4) is 0 Å². The van der Waals surface area contributed by atoms with Gasteiger partial charge in [-0.3, -0.25) is 0 Å². The van der Waals surface area contributed by atoms with E-state index in [0.717, 1.165) is 12.5 Å². The van der Waals surface area contributed by atoms with E-state index in [4.69, 9.17) is 5.73 Å². The van der Waals surface area contributed by atoms with Crippen LogP contribution >= 0.6 is 0 Å². The van der Waals surface area contributed by atoms with Crippen LogP contribution in [0.25, 0.3) is 0 Å². The van der Waals surface area contributed by atoms with Crippen LogP contribution in [0.5, 0.6) is 0 Å². The molecule has 94 valence electrons. The molecule has 0 aromatic carbocycles. The van der Waals surface area contributed by atoms with Crippen molar-refractivity contribution in [1.29, 1.82) is 0 Å². The highest BCUT2D eigenvalue weighted by atomic mass is 15.3. The number of nitrogens with zero attached hydrogens (tertiary/aromatic N) is 3. The van der Waals surface area contributed by atoms with Gasteiger partial charge >= 0.3 is 0 Å². The molecule has 1 heterocycles. The lowest BCUT2D eigenvalue weighted by molar-refractivity contribution is 0.526. The number of rotatable bonds is 4. The molecule has 1 aliphatic rings. The first-order valence-corrected chi connectivity index (χ1v) is 6.52. The molecule has 0 saturated heterocycles. The summed E-state index contributed by atoms with van der Waals surface area (Å²) in [6, 6.07) is 2.34. The minimum absolute atomic E-state index is 0.557. The first-order chi connectivity index (χ1) is 8.16. The van der Waals surface area contributed by atoms with Crippen LogP contribution in [0.4, 0.5) is 11.8 Å². The van der Waals surface area contributed by atoms with Crippen LogP contribution in [0.15, 0.2) is 12.3 Å². The number of nitrogen functional groups attached to an aromatic ring is 1. The molecule has 1 aromatic rings. The van der Waals surface area contributed by atoms with E-state index >= 15 is 0 Å². The molecule has 4 nitrogen and oxygen atoms in total. The van der Waals surface area contributed by atoms with E-state index in [1.165, 1.54) is 25.7 Å². The fourth-order valence-corrected chi connectivity index (χ4v) is 2.50. The summed E-state index contributed by atoms with van der Waals surface area (Å²) in [6.45, 7) is 5.47. The third kappa shape index (κ3) is 3.08. The molecule has 2 rings (SSSR count). The monoisotopic (exact) mass is 234 g/mol. The predicted octanol–water partition coefficient (Wildman–Crippen LogP) is 2.46. The number of hydrogen-bond donors (Lipinski definition) is 1. The Morgan fingerprint density at radius 2 is 2.12 bits per heavy atom. The predicted molar refractivity (Wildman–Crippen MR) is 70.9 cm³/mol. The zero-order valence-corrected chi connectivity index (χ0v) is 10.8. The molecule has 0 unspecified atom stereocenters. The number of hydrogen-bond acceptors (Lipinski definition) is 4. The van der Waals surface area contributed by atoms with Gasteiger partial charge < -0.3 is 10.6 Å². The Kier molecular flexibility index (Phi) is 3.82. The lowest BCUT2D eigenvalue weighted by atomic mass is 10.1. The second-order valence-corrected chi connectivity index (χ2v) is 5.27. The van der Waals surface area contributed by atoms with Gasteiger partial charge in [-0.15, -0.1) is 0 Å². The molecule has 0 radical (unpaired) electrons. The van der Waals surface area contributed by atoms with Crippen LogP contribution in [-0.2, 0) is 0 Å². The lowest BCUT2D eigenvalue weighted by Gasteiger charge is -2.30. The van der Waals surface area contributed by atoms with Gasteiger partial charge in [0.25, 0.3) is 0 Å². The molecule has 0 bridgehead atoms. The van der Waals surface area contributed by atoms with Gasteiger partial charge in [-0.05, 0) is 24.8 Å². The van der Waals surface area contributed by atoms with Gasteiger partial charge in [-0.1, -0.05) is 26.7 Å². The maximum atomic E-state index is 5.75. The first kappa shape index (κ1) is 12.1. The number of aromatic nitrogens is 2. The quantitative estimate of drug-likeness (QED) is 0.869. The second kappa shape index (κ2) is 5.34. The van der Waals surface area contributed by atoms with Gasteiger partial charge in [0.2, 0.25) is 5.95 Å². The van der Waals surface area contributed by atoms with Crippen molar-refractivity contribution in [1.82, 2.24) is 9.97 Å². The van der Waals surface area contributed by atoms with Gasteiger partial charge in [0.05, 0.1) is 0 Å². The summed E-state index contributed by atoms with van der Waals surface area (Å²) in [5, 5.41) is 0. The average Bonchev–Trinajstić information content (AvgIpc) is 2.79. The minimum atomic E-state index is 0.557. The van der Waals surface area contributed by atoms with Gasteiger partial charge in [0.15, 0.2) is 0 Å². The largest absolute Gasteiger partial charge is 0.384 e. The summed E-state index contributed by atoms with van der Waals surface area (Å²) in [4.78, 5) is 11.1. The molecular formula is C13H22N4. The molecule has 0 aliphatic heterocycles. The summed E-state index contributed by atoms with van der Waals surface area (Å²) < 4.78 is 0. The zero-order chi connectivity index (χ0) is 12.3. The number of anilines is 2. The summed E-state index contributed by atoms with van der Waals surface area (Å²) in [7, 11) is 0. The smallest absolute Gasteiger partial charge is 0.227 e. The third-order valence-electron chi connectivity index (χ3n) is 3.25. The van der Waals surface area contributed by atoms with Gasteiger partial charge in [0.1, 0.15) is 5.82 Å². The van der Waals surface area contributed by atoms with Crippen LogP contribution in [0.2, 0.25) is 0 Å². The standard InChI is InChI=1S/C13H22N4/c1-10(2)9-17(11-5-3-4-6-11)13-15-8-7-12(14)16-13/h7-8,10-11H,3-6,9H2,1-2H3,(H2,14,15,16). The van der Waals surface area contributed by atoms with E-state index < -0.39 is 0 Å². The van der Waals surface area contributed by atoms with E-state index in [9.17, 15) is 0 Å². The van der Waals surface area contributed by atoms with Crippen molar-refractivity contribution < 1.29 is 0 Å². The molecular weight excluding hydrogens is 212 g/mol. The van der Waals surface area contributed by atoms with Crippen molar-refractivity contribution in [2.45, 2.75) is 45.6 Å². The van der Waals surface area contributed by atoms with Crippen LogP contribution < -0.4 is 10.6 Å². The summed E-state index contributed by atoms with van der Waals surface area (Å²) >= 11 is 0. The van der Waals surface area contributed by atoms with E-state index in [1.54, 1.807) is 12.3 Å². The van der Waals surface area contributed by atoms with E-state index in [1.807, 2.05) is 0 Å². The molecule has 2 N–H and O–H groups in total. The molecule has 0 spiro atoms. The molecule has 1 aromatic heterocycles. The van der Waals surface area contributed by atoms with Crippen molar-refractivity contribution >= 4 is 11.8 Å². The average molecular weight is 234 g/mol. The second-order valence-electron chi connectivity index (χ2n) is 5.27.